The first-order chi connectivity index (χ1) is 9.35. The van der Waals surface area contributed by atoms with Gasteiger partial charge < -0.3 is 4.74 Å². The minimum atomic E-state index is 0.432. The van der Waals surface area contributed by atoms with Crippen molar-refractivity contribution in [3.05, 3.63) is 0 Å². The summed E-state index contributed by atoms with van der Waals surface area (Å²) in [6, 6.07) is 0.827. The topological polar surface area (TPSA) is 19.0 Å². The third-order valence-electron chi connectivity index (χ3n) is 5.02. The number of ether oxygens (including phenoxy) is 1. The number of likely N-dealkylation sites (N-methyl/N-ethyl adjacent to an activating group) is 1. The van der Waals surface area contributed by atoms with Gasteiger partial charge in [-0.2, -0.15) is 0 Å². The first-order valence-corrected chi connectivity index (χ1v) is 8.15. The summed E-state index contributed by atoms with van der Waals surface area (Å²) in [5.74, 6) is 0. The third kappa shape index (κ3) is 3.48. The van der Waals surface area contributed by atoms with E-state index in [9.17, 15) is 0 Å². The highest BCUT2D eigenvalue weighted by Gasteiger charge is 2.30. The molecule has 0 saturated carbocycles. The van der Waals surface area contributed by atoms with Crippen molar-refractivity contribution >= 4 is 0 Å². The maximum Gasteiger partial charge on any atom is 0.0829 e. The van der Waals surface area contributed by atoms with E-state index in [1.165, 1.54) is 45.4 Å². The predicted molar refractivity (Wildman–Crippen MR) is 77.5 cm³/mol. The molecule has 19 heavy (non-hydrogen) atoms. The van der Waals surface area contributed by atoms with Crippen LogP contribution in [-0.2, 0) is 4.74 Å². The van der Waals surface area contributed by atoms with Gasteiger partial charge in [0, 0.05) is 32.2 Å². The lowest BCUT2D eigenvalue weighted by molar-refractivity contribution is -0.0422. The van der Waals surface area contributed by atoms with Crippen molar-refractivity contribution in [2.45, 2.75) is 38.3 Å². The highest BCUT2D eigenvalue weighted by Crippen LogP contribution is 2.21. The minimum Gasteiger partial charge on any atom is -0.374 e. The second kappa shape index (κ2) is 6.53. The molecule has 3 rings (SSSR count). The Balaban J connectivity index is 1.51. The van der Waals surface area contributed by atoms with Crippen molar-refractivity contribution < 1.29 is 4.74 Å². The summed E-state index contributed by atoms with van der Waals surface area (Å²) in [7, 11) is 0. The Labute approximate surface area is 117 Å². The van der Waals surface area contributed by atoms with Crippen LogP contribution in [0, 0.1) is 0 Å². The first-order valence-electron chi connectivity index (χ1n) is 8.15. The molecule has 0 N–H and O–H groups in total. The summed E-state index contributed by atoms with van der Waals surface area (Å²) < 4.78 is 5.97. The highest BCUT2D eigenvalue weighted by molar-refractivity contribution is 4.86. The Kier molecular flexibility index (Phi) is 4.74. The molecule has 3 aliphatic rings. The fraction of sp³-hybridized carbons (Fsp3) is 1.00. The Morgan fingerprint density at radius 3 is 2.79 bits per heavy atom. The van der Waals surface area contributed by atoms with E-state index in [-0.39, 0.29) is 0 Å². The summed E-state index contributed by atoms with van der Waals surface area (Å²) >= 11 is 0. The van der Waals surface area contributed by atoms with Crippen molar-refractivity contribution in [3.63, 3.8) is 0 Å². The van der Waals surface area contributed by atoms with Crippen molar-refractivity contribution in [1.82, 2.24) is 14.7 Å². The van der Waals surface area contributed by atoms with Gasteiger partial charge in [0.15, 0.2) is 0 Å². The Morgan fingerprint density at radius 1 is 1.00 bits per heavy atom. The second-order valence-electron chi connectivity index (χ2n) is 6.33. The number of rotatable bonds is 3. The van der Waals surface area contributed by atoms with Gasteiger partial charge in [0.2, 0.25) is 0 Å². The molecule has 0 spiro atoms. The van der Waals surface area contributed by atoms with Crippen LogP contribution >= 0.6 is 0 Å². The zero-order valence-electron chi connectivity index (χ0n) is 12.4. The van der Waals surface area contributed by atoms with Crippen LogP contribution < -0.4 is 0 Å². The average Bonchev–Trinajstić information content (AvgIpc) is 2.78. The van der Waals surface area contributed by atoms with E-state index < -0.39 is 0 Å². The number of morpholine rings is 1. The molecule has 2 unspecified atom stereocenters. The maximum atomic E-state index is 5.97. The molecule has 110 valence electrons. The normalized spacial score (nSPS) is 35.2. The number of fused-ring (bicyclic) bond motifs is 1. The fourth-order valence-electron chi connectivity index (χ4n) is 3.91. The quantitative estimate of drug-likeness (QED) is 0.755. The Bertz CT molecular complexity index is 287. The van der Waals surface area contributed by atoms with Gasteiger partial charge in [-0.05, 0) is 45.4 Å². The molecule has 0 amide bonds. The van der Waals surface area contributed by atoms with Gasteiger partial charge in [-0.25, -0.2) is 0 Å². The summed E-state index contributed by atoms with van der Waals surface area (Å²) in [5.41, 5.74) is 0. The van der Waals surface area contributed by atoms with Crippen molar-refractivity contribution in [2.75, 3.05) is 59.0 Å². The summed E-state index contributed by atoms with van der Waals surface area (Å²) in [6.07, 6.45) is 4.58. The lowest BCUT2D eigenvalue weighted by atomic mass is 10.2. The Morgan fingerprint density at radius 2 is 1.89 bits per heavy atom. The van der Waals surface area contributed by atoms with Gasteiger partial charge in [-0.15, -0.1) is 0 Å². The molecule has 3 aliphatic heterocycles. The Hall–Kier alpha value is -0.160. The second-order valence-corrected chi connectivity index (χ2v) is 6.33. The van der Waals surface area contributed by atoms with Gasteiger partial charge in [-0.3, -0.25) is 14.7 Å². The van der Waals surface area contributed by atoms with Crippen LogP contribution in [0.2, 0.25) is 0 Å². The van der Waals surface area contributed by atoms with Crippen molar-refractivity contribution in [3.8, 4) is 0 Å². The largest absolute Gasteiger partial charge is 0.374 e. The number of nitrogens with zero attached hydrogens (tertiary/aromatic N) is 3. The van der Waals surface area contributed by atoms with Gasteiger partial charge in [0.1, 0.15) is 0 Å². The third-order valence-corrected chi connectivity index (χ3v) is 5.02. The molecule has 2 atom stereocenters. The molecule has 4 nitrogen and oxygen atoms in total. The molecule has 0 radical (unpaired) electrons. The molecule has 3 saturated heterocycles. The average molecular weight is 267 g/mol. The lowest BCUT2D eigenvalue weighted by Crippen LogP contribution is -2.48. The molecular weight excluding hydrogens is 238 g/mol. The molecule has 0 bridgehead atoms. The van der Waals surface area contributed by atoms with E-state index in [4.69, 9.17) is 4.74 Å². The van der Waals surface area contributed by atoms with E-state index in [1.54, 1.807) is 0 Å². The van der Waals surface area contributed by atoms with Gasteiger partial charge in [-0.1, -0.05) is 6.92 Å². The lowest BCUT2D eigenvalue weighted by Gasteiger charge is -2.35. The molecule has 3 fully saturated rings. The summed E-state index contributed by atoms with van der Waals surface area (Å²) in [6.45, 7) is 12.9. The highest BCUT2D eigenvalue weighted by atomic mass is 16.5. The maximum absolute atomic E-state index is 5.97. The van der Waals surface area contributed by atoms with Crippen LogP contribution in [0.3, 0.4) is 0 Å². The summed E-state index contributed by atoms with van der Waals surface area (Å²) in [5, 5.41) is 0. The standard InChI is InChI=1S/C15H29N3O/c1-2-16-9-10-19-15(12-16)13-17-6-4-8-18-7-3-5-14(18)11-17/h14-15H,2-13H2,1H3. The van der Waals surface area contributed by atoms with E-state index >= 15 is 0 Å². The van der Waals surface area contributed by atoms with Crippen molar-refractivity contribution in [1.29, 1.82) is 0 Å². The molecular formula is C15H29N3O. The van der Waals surface area contributed by atoms with Crippen molar-refractivity contribution in [2.24, 2.45) is 0 Å². The molecule has 0 aliphatic carbocycles. The SMILES string of the molecule is CCN1CCOC(CN2CCCN3CCCC3C2)C1. The fourth-order valence-corrected chi connectivity index (χ4v) is 3.91. The predicted octanol–water partition coefficient (Wildman–Crippen LogP) is 0.877. The molecule has 0 aromatic carbocycles. The number of hydrogen-bond donors (Lipinski definition) is 0. The first kappa shape index (κ1) is 13.8. The zero-order chi connectivity index (χ0) is 13.1. The van der Waals surface area contributed by atoms with Gasteiger partial charge in [0.25, 0.3) is 0 Å². The smallest absolute Gasteiger partial charge is 0.0829 e. The van der Waals surface area contributed by atoms with Crippen LogP contribution in [0.4, 0.5) is 0 Å². The molecule has 4 heteroatoms. The van der Waals surface area contributed by atoms with E-state index in [0.717, 1.165) is 38.8 Å². The van der Waals surface area contributed by atoms with Gasteiger partial charge in [0.05, 0.1) is 12.7 Å². The summed E-state index contributed by atoms with van der Waals surface area (Å²) in [4.78, 5) is 7.90. The molecule has 3 heterocycles. The van der Waals surface area contributed by atoms with E-state index in [0.29, 0.717) is 6.10 Å². The van der Waals surface area contributed by atoms with Crippen LogP contribution in [-0.4, -0.2) is 85.8 Å². The van der Waals surface area contributed by atoms with Crippen LogP contribution in [0.15, 0.2) is 0 Å². The monoisotopic (exact) mass is 267 g/mol. The molecule has 0 aromatic rings. The molecule has 0 aromatic heterocycles. The minimum absolute atomic E-state index is 0.432. The van der Waals surface area contributed by atoms with E-state index in [1.807, 2.05) is 0 Å². The van der Waals surface area contributed by atoms with Crippen LogP contribution in [0.5, 0.6) is 0 Å². The number of hydrogen-bond acceptors (Lipinski definition) is 4. The zero-order valence-corrected chi connectivity index (χ0v) is 12.4. The van der Waals surface area contributed by atoms with Crippen LogP contribution in [0.1, 0.15) is 26.2 Å². The van der Waals surface area contributed by atoms with E-state index in [2.05, 4.69) is 21.6 Å². The van der Waals surface area contributed by atoms with Crippen LogP contribution in [0.25, 0.3) is 0 Å². The van der Waals surface area contributed by atoms with Gasteiger partial charge >= 0.3 is 0 Å².